The first kappa shape index (κ1) is 22.8. The number of carbonyl (C=O) groups is 1. The molecular formula is C32H39NO3. The van der Waals surface area contributed by atoms with Gasteiger partial charge in [0.2, 0.25) is 0 Å². The number of carbonyl (C=O) groups excluding carboxylic acids is 1. The summed E-state index contributed by atoms with van der Waals surface area (Å²) in [5, 5.41) is 10.1. The molecule has 2 aromatic rings. The van der Waals surface area contributed by atoms with Crippen LogP contribution in [-0.4, -0.2) is 41.5 Å². The molecule has 4 fully saturated rings. The number of ketones is 1. The predicted octanol–water partition coefficient (Wildman–Crippen LogP) is 6.07. The molecule has 7 atom stereocenters. The van der Waals surface area contributed by atoms with E-state index in [9.17, 15) is 9.90 Å². The fourth-order valence-electron chi connectivity index (χ4n) is 9.18. The van der Waals surface area contributed by atoms with E-state index >= 15 is 0 Å². The Hall–Kier alpha value is -2.33. The van der Waals surface area contributed by atoms with Crippen LogP contribution in [0.3, 0.4) is 0 Å². The zero-order valence-electron chi connectivity index (χ0n) is 21.5. The first-order chi connectivity index (χ1) is 17.5. The van der Waals surface area contributed by atoms with Crippen molar-refractivity contribution in [3.63, 3.8) is 0 Å². The number of phenolic OH excluding ortho intramolecular Hbond substituents is 1. The molecule has 1 heterocycles. The van der Waals surface area contributed by atoms with Crippen LogP contribution in [0.4, 0.5) is 0 Å². The van der Waals surface area contributed by atoms with E-state index in [-0.39, 0.29) is 5.41 Å². The van der Waals surface area contributed by atoms with Gasteiger partial charge in [0.15, 0.2) is 0 Å². The number of aromatic hydroxyl groups is 1. The van der Waals surface area contributed by atoms with Gasteiger partial charge in [-0.05, 0) is 115 Å². The summed E-state index contributed by atoms with van der Waals surface area (Å²) < 4.78 is 6.18. The minimum absolute atomic E-state index is 0.204. The summed E-state index contributed by atoms with van der Waals surface area (Å²) >= 11 is 0. The Morgan fingerprint density at radius 3 is 2.69 bits per heavy atom. The number of piperidine rings is 1. The molecule has 4 nitrogen and oxygen atoms in total. The Labute approximate surface area is 215 Å². The summed E-state index contributed by atoms with van der Waals surface area (Å²) in [6.07, 6.45) is 9.01. The lowest BCUT2D eigenvalue weighted by Crippen LogP contribution is -2.46. The van der Waals surface area contributed by atoms with Crippen molar-refractivity contribution in [3.8, 4) is 11.5 Å². The Morgan fingerprint density at radius 1 is 1.06 bits per heavy atom. The Morgan fingerprint density at radius 2 is 1.92 bits per heavy atom. The highest BCUT2D eigenvalue weighted by molar-refractivity contribution is 5.87. The number of fused-ring (bicyclic) bond motifs is 7. The molecule has 5 aliphatic rings. The van der Waals surface area contributed by atoms with Crippen LogP contribution in [0.2, 0.25) is 0 Å². The van der Waals surface area contributed by atoms with E-state index in [0.29, 0.717) is 35.2 Å². The third-order valence-electron chi connectivity index (χ3n) is 10.9. The fraction of sp³-hybridized carbons (Fsp3) is 0.594. The number of hydrogen-bond acceptors (Lipinski definition) is 4. The number of ether oxygens (including phenoxy) is 1. The number of nitrogens with zero attached hydrogens (tertiary/aromatic N) is 1. The summed E-state index contributed by atoms with van der Waals surface area (Å²) in [7, 11) is 0. The maximum absolute atomic E-state index is 13.1. The van der Waals surface area contributed by atoms with Crippen LogP contribution in [0.15, 0.2) is 42.5 Å². The highest BCUT2D eigenvalue weighted by atomic mass is 16.5. The van der Waals surface area contributed by atoms with Crippen molar-refractivity contribution in [2.75, 3.05) is 19.7 Å². The highest BCUT2D eigenvalue weighted by Gasteiger charge is 2.57. The molecule has 0 radical (unpaired) electrons. The minimum atomic E-state index is -0.204. The van der Waals surface area contributed by atoms with E-state index < -0.39 is 0 Å². The zero-order valence-corrected chi connectivity index (χ0v) is 21.5. The van der Waals surface area contributed by atoms with E-state index in [1.54, 1.807) is 0 Å². The normalized spacial score (nSPS) is 37.0. The molecule has 4 aliphatic carbocycles. The molecule has 7 rings (SSSR count). The minimum Gasteiger partial charge on any atom is -0.508 e. The molecule has 1 saturated heterocycles. The van der Waals surface area contributed by atoms with Crippen molar-refractivity contribution >= 4 is 5.78 Å². The van der Waals surface area contributed by atoms with Gasteiger partial charge in [-0.3, -0.25) is 9.69 Å². The second-order valence-corrected chi connectivity index (χ2v) is 12.7. The van der Waals surface area contributed by atoms with E-state index in [0.717, 1.165) is 63.0 Å². The quantitative estimate of drug-likeness (QED) is 0.558. The van der Waals surface area contributed by atoms with Gasteiger partial charge in [0, 0.05) is 31.0 Å². The van der Waals surface area contributed by atoms with Gasteiger partial charge in [-0.2, -0.15) is 0 Å². The lowest BCUT2D eigenvalue weighted by atomic mass is 9.51. The molecule has 4 heteroatoms. The van der Waals surface area contributed by atoms with E-state index in [1.165, 1.54) is 42.5 Å². The second kappa shape index (κ2) is 8.62. The van der Waals surface area contributed by atoms with Crippen LogP contribution in [0.1, 0.15) is 80.4 Å². The van der Waals surface area contributed by atoms with Gasteiger partial charge < -0.3 is 9.84 Å². The molecule has 3 saturated carbocycles. The predicted molar refractivity (Wildman–Crippen MR) is 140 cm³/mol. The number of phenols is 1. The van der Waals surface area contributed by atoms with E-state index in [4.69, 9.17) is 4.74 Å². The Bertz CT molecular complexity index is 1160. The molecule has 1 N–H and O–H groups in total. The van der Waals surface area contributed by atoms with E-state index in [2.05, 4.69) is 42.2 Å². The summed E-state index contributed by atoms with van der Waals surface area (Å²) in [6, 6.07) is 15.6. The SMILES string of the molecule is C[C@]12C[C@H](c3ccc(OCCN4CC5CCC4C5)cc3)[C@@H]3c4ccc(O)cc4CC[C@H]3[C@@H]1CCC2=O. The Balaban J connectivity index is 1.13. The standard InChI is InChI=1S/C32H39NO3/c1-32-18-28(21-3-8-25(9-4-21)36-15-14-33-19-20-2-6-23(33)16-20)31-26-11-7-24(34)17-22(26)5-10-27(31)29(32)12-13-30(32)35/h3-4,7-9,11,17,20,23,27-29,31,34H,2,5-6,10,12-16,18-19H2,1H3/t20?,23?,27-,28+,29-,31+,32-/m0/s1. The number of rotatable bonds is 5. The largest absolute Gasteiger partial charge is 0.508 e. The maximum Gasteiger partial charge on any atom is 0.139 e. The van der Waals surface area contributed by atoms with Crippen LogP contribution < -0.4 is 4.74 Å². The summed E-state index contributed by atoms with van der Waals surface area (Å²) in [4.78, 5) is 15.8. The Kier molecular flexibility index (Phi) is 5.47. The third-order valence-corrected chi connectivity index (χ3v) is 10.9. The molecule has 0 aromatic heterocycles. The first-order valence-corrected chi connectivity index (χ1v) is 14.3. The van der Waals surface area contributed by atoms with E-state index in [1.807, 2.05) is 12.1 Å². The summed E-state index contributed by atoms with van der Waals surface area (Å²) in [5.74, 6) is 4.46. The number of hydrogen-bond donors (Lipinski definition) is 1. The molecule has 0 spiro atoms. The van der Waals surface area contributed by atoms with Crippen LogP contribution in [-0.2, 0) is 11.2 Å². The van der Waals surface area contributed by atoms with Gasteiger partial charge in [0.25, 0.3) is 0 Å². The molecule has 0 amide bonds. The van der Waals surface area contributed by atoms with Crippen molar-refractivity contribution in [1.29, 1.82) is 0 Å². The van der Waals surface area contributed by atoms with Crippen molar-refractivity contribution in [2.24, 2.45) is 23.2 Å². The van der Waals surface area contributed by atoms with Crippen LogP contribution in [0, 0.1) is 23.2 Å². The van der Waals surface area contributed by atoms with Gasteiger partial charge in [-0.25, -0.2) is 0 Å². The van der Waals surface area contributed by atoms with Gasteiger partial charge in [-0.1, -0.05) is 25.1 Å². The third kappa shape index (κ3) is 3.62. The number of likely N-dealkylation sites (tertiary alicyclic amines) is 1. The average Bonchev–Trinajstić information content (AvgIpc) is 3.59. The summed E-state index contributed by atoms with van der Waals surface area (Å²) in [6.45, 7) is 5.29. The fourth-order valence-corrected chi connectivity index (χ4v) is 9.18. The molecular weight excluding hydrogens is 446 g/mol. The van der Waals surface area contributed by atoms with Gasteiger partial charge in [-0.15, -0.1) is 0 Å². The lowest BCUT2D eigenvalue weighted by Gasteiger charge is -2.52. The number of benzene rings is 2. The molecule has 1 aliphatic heterocycles. The molecule has 2 unspecified atom stereocenters. The molecule has 2 bridgehead atoms. The first-order valence-electron chi connectivity index (χ1n) is 14.3. The summed E-state index contributed by atoms with van der Waals surface area (Å²) in [5.41, 5.74) is 3.82. The smallest absolute Gasteiger partial charge is 0.139 e. The highest BCUT2D eigenvalue weighted by Crippen LogP contribution is 2.64. The van der Waals surface area contributed by atoms with Gasteiger partial charge >= 0.3 is 0 Å². The van der Waals surface area contributed by atoms with Crippen LogP contribution in [0.5, 0.6) is 11.5 Å². The number of aryl methyl sites for hydroxylation is 1. The van der Waals surface area contributed by atoms with Gasteiger partial charge in [0.1, 0.15) is 23.9 Å². The lowest BCUT2D eigenvalue weighted by molar-refractivity contribution is -0.130. The number of Topliss-reactive ketones (excluding diaryl/α,β-unsaturated/α-hetero) is 1. The maximum atomic E-state index is 13.1. The van der Waals surface area contributed by atoms with Crippen molar-refractivity contribution in [2.45, 2.75) is 76.2 Å². The van der Waals surface area contributed by atoms with Gasteiger partial charge in [0.05, 0.1) is 0 Å². The van der Waals surface area contributed by atoms with Crippen LogP contribution >= 0.6 is 0 Å². The second-order valence-electron chi connectivity index (χ2n) is 12.7. The molecule has 190 valence electrons. The monoisotopic (exact) mass is 485 g/mol. The topological polar surface area (TPSA) is 49.8 Å². The zero-order chi connectivity index (χ0) is 24.4. The molecule has 36 heavy (non-hydrogen) atoms. The van der Waals surface area contributed by atoms with Crippen molar-refractivity contribution < 1.29 is 14.6 Å². The van der Waals surface area contributed by atoms with Crippen molar-refractivity contribution in [3.05, 3.63) is 59.2 Å². The van der Waals surface area contributed by atoms with Crippen molar-refractivity contribution in [1.82, 2.24) is 4.90 Å². The average molecular weight is 486 g/mol. The van der Waals surface area contributed by atoms with Crippen LogP contribution in [0.25, 0.3) is 0 Å². The molecule has 2 aromatic carbocycles.